The van der Waals surface area contributed by atoms with Crippen molar-refractivity contribution in [2.75, 3.05) is 24.7 Å². The number of hydrogen-bond acceptors (Lipinski definition) is 12. The van der Waals surface area contributed by atoms with Crippen molar-refractivity contribution in [2.24, 2.45) is 0 Å². The summed E-state index contributed by atoms with van der Waals surface area (Å²) >= 11 is 0. The molecule has 0 aliphatic carbocycles. The highest BCUT2D eigenvalue weighted by Crippen LogP contribution is 2.78. The Morgan fingerprint density at radius 3 is 1.68 bits per heavy atom. The van der Waals surface area contributed by atoms with Crippen molar-refractivity contribution in [3.63, 3.8) is 0 Å². The van der Waals surface area contributed by atoms with Gasteiger partial charge in [0, 0.05) is 25.5 Å². The summed E-state index contributed by atoms with van der Waals surface area (Å²) in [6.45, 7) is 3.58. The maximum absolute atomic E-state index is 14.9. The molecule has 2 aromatic carbocycles. The van der Waals surface area contributed by atoms with E-state index in [1.165, 1.54) is 62.8 Å². The van der Waals surface area contributed by atoms with Crippen LogP contribution >= 0.6 is 43.2 Å². The maximum atomic E-state index is 14.9. The molecule has 10 unspecified atom stereocenters. The zero-order valence-corrected chi connectivity index (χ0v) is 28.9. The second kappa shape index (κ2) is 8.33. The standard InChI is InChI=1S/C31H30N6O6S4/c1-5-27-23(41)37-21-29(15-11-7-9-13-17(15)33-21,19(39)31(37,47-45-27)25(43)35(27)4)28-14-10-6-8-12-16(14)32-20(28)36-22(40)26(2)34(3)24(42)30(36,18(28)38)46-44-26/h6-13,18-21,32-33,38-39H,5H2,1-4H3. The number of amides is 4. The van der Waals surface area contributed by atoms with Crippen molar-refractivity contribution in [3.05, 3.63) is 59.7 Å². The highest BCUT2D eigenvalue weighted by atomic mass is 33.1. The first-order valence-corrected chi connectivity index (χ1v) is 19.8. The molecule has 4 amide bonds. The molecule has 10 aliphatic rings. The zero-order valence-electron chi connectivity index (χ0n) is 25.6. The van der Waals surface area contributed by atoms with Gasteiger partial charge in [-0.25, -0.2) is 0 Å². The Hall–Kier alpha value is -2.76. The van der Waals surface area contributed by atoms with Crippen LogP contribution in [-0.2, 0) is 30.0 Å². The average Bonchev–Trinajstić information content (AvgIpc) is 3.72. The zero-order chi connectivity index (χ0) is 32.8. The van der Waals surface area contributed by atoms with E-state index < -0.39 is 66.7 Å². The minimum atomic E-state index is -1.76. The van der Waals surface area contributed by atoms with Crippen molar-refractivity contribution in [1.29, 1.82) is 0 Å². The summed E-state index contributed by atoms with van der Waals surface area (Å²) < 4.78 is 0. The number of hydrogen-bond donors (Lipinski definition) is 4. The van der Waals surface area contributed by atoms with E-state index in [1.807, 2.05) is 55.5 Å². The van der Waals surface area contributed by atoms with E-state index in [9.17, 15) is 29.4 Å². The average molecular weight is 711 g/mol. The van der Waals surface area contributed by atoms with Crippen LogP contribution in [0.15, 0.2) is 48.5 Å². The van der Waals surface area contributed by atoms with E-state index in [1.54, 1.807) is 21.0 Å². The molecule has 10 atom stereocenters. The number of likely N-dealkylation sites (N-methyl/N-ethyl adjacent to an activating group) is 2. The van der Waals surface area contributed by atoms with Gasteiger partial charge in [0.05, 0.1) is 10.8 Å². The molecule has 12 nitrogen and oxygen atoms in total. The number of carbonyl (C=O) groups excluding carboxylic acids is 4. The fraction of sp³-hybridized carbons (Fsp3) is 0.484. The summed E-state index contributed by atoms with van der Waals surface area (Å²) in [5, 5.41) is 33.8. The van der Waals surface area contributed by atoms with Crippen LogP contribution in [0, 0.1) is 0 Å². The summed E-state index contributed by atoms with van der Waals surface area (Å²) in [5.74, 6) is -1.46. The molecule has 0 radical (unpaired) electrons. The molecule has 8 saturated heterocycles. The molecule has 244 valence electrons. The van der Waals surface area contributed by atoms with Gasteiger partial charge in [-0.2, -0.15) is 0 Å². The largest absolute Gasteiger partial charge is 0.388 e. The van der Waals surface area contributed by atoms with Crippen LogP contribution < -0.4 is 10.6 Å². The molecule has 12 rings (SSSR count). The van der Waals surface area contributed by atoms with Gasteiger partial charge in [0.1, 0.15) is 24.5 Å². The van der Waals surface area contributed by atoms with Crippen LogP contribution in [0.5, 0.6) is 0 Å². The van der Waals surface area contributed by atoms with E-state index in [4.69, 9.17) is 0 Å². The Balaban J connectivity index is 1.35. The number of carbonyl (C=O) groups is 4. The predicted molar refractivity (Wildman–Crippen MR) is 180 cm³/mol. The van der Waals surface area contributed by atoms with Gasteiger partial charge in [-0.15, -0.1) is 0 Å². The number of fused-ring (bicyclic) bond motifs is 11. The number of rotatable bonds is 2. The third-order valence-electron chi connectivity index (χ3n) is 12.4. The second-order valence-corrected chi connectivity index (χ2v) is 19.0. The normalized spacial score (nSPS) is 46.3. The highest BCUT2D eigenvalue weighted by molar-refractivity contribution is 8.78. The molecule has 2 aromatic rings. The third-order valence-corrected chi connectivity index (χ3v) is 19.9. The molecule has 4 N–H and O–H groups in total. The minimum Gasteiger partial charge on any atom is -0.388 e. The lowest BCUT2D eigenvalue weighted by Crippen LogP contribution is -2.78. The summed E-state index contributed by atoms with van der Waals surface area (Å²) in [4.78, 5) is 58.8. The number of para-hydroxylation sites is 2. The topological polar surface area (TPSA) is 146 Å². The van der Waals surface area contributed by atoms with Gasteiger partial charge in [-0.3, -0.25) is 29.0 Å². The van der Waals surface area contributed by atoms with Crippen molar-refractivity contribution in [2.45, 2.75) is 75.1 Å². The lowest BCUT2D eigenvalue weighted by molar-refractivity contribution is -0.167. The second-order valence-electron chi connectivity index (χ2n) is 13.7. The Labute approximate surface area is 285 Å². The molecule has 0 aromatic heterocycles. The van der Waals surface area contributed by atoms with Crippen molar-refractivity contribution < 1.29 is 29.4 Å². The fourth-order valence-corrected chi connectivity index (χ4v) is 17.6. The van der Waals surface area contributed by atoms with Crippen LogP contribution in [0.1, 0.15) is 31.4 Å². The third kappa shape index (κ3) is 2.45. The molecule has 10 aliphatic heterocycles. The number of aliphatic hydroxyl groups is 2. The first-order chi connectivity index (χ1) is 22.4. The van der Waals surface area contributed by atoms with Gasteiger partial charge in [0.15, 0.2) is 9.74 Å². The Bertz CT molecular complexity index is 1920. The van der Waals surface area contributed by atoms with E-state index >= 15 is 0 Å². The smallest absolute Gasteiger partial charge is 0.264 e. The van der Waals surface area contributed by atoms with Crippen LogP contribution in [-0.4, -0.2) is 112 Å². The SMILES string of the molecule is CCC12SSC3(C(=O)N1C)C(O)C1(C45c6ccccc6NC4N4C(=O)C6(C)SSC4(C(=O)N6C)C5O)c4ccccc4NC1N3C2=O. The molecule has 8 fully saturated rings. The number of benzene rings is 2. The Morgan fingerprint density at radius 2 is 1.15 bits per heavy atom. The molecule has 2 spiro atoms. The monoisotopic (exact) mass is 710 g/mol. The van der Waals surface area contributed by atoms with Crippen LogP contribution in [0.4, 0.5) is 11.4 Å². The lowest BCUT2D eigenvalue weighted by atomic mass is 9.52. The molecular formula is C31H30N6O6S4. The van der Waals surface area contributed by atoms with Gasteiger partial charge in [0.25, 0.3) is 23.6 Å². The molecule has 0 saturated carbocycles. The van der Waals surface area contributed by atoms with E-state index in [0.717, 1.165) is 0 Å². The molecule has 10 heterocycles. The van der Waals surface area contributed by atoms with E-state index in [2.05, 4.69) is 10.6 Å². The number of aliphatic hydroxyl groups excluding tert-OH is 2. The van der Waals surface area contributed by atoms with Gasteiger partial charge in [-0.05, 0) is 58.2 Å². The number of nitrogens with one attached hydrogen (secondary N) is 2. The summed E-state index contributed by atoms with van der Waals surface area (Å²) in [6.07, 6.45) is -4.86. The molecule has 47 heavy (non-hydrogen) atoms. The molecule has 16 heteroatoms. The maximum Gasteiger partial charge on any atom is 0.264 e. The minimum absolute atomic E-state index is 0.307. The predicted octanol–water partition coefficient (Wildman–Crippen LogP) is 1.72. The fourth-order valence-electron chi connectivity index (χ4n) is 10.2. The van der Waals surface area contributed by atoms with Crippen LogP contribution in [0.2, 0.25) is 0 Å². The van der Waals surface area contributed by atoms with Gasteiger partial charge in [0.2, 0.25) is 9.74 Å². The first-order valence-electron chi connectivity index (χ1n) is 15.5. The number of anilines is 2. The number of piperazine rings is 2. The first kappa shape index (κ1) is 29.2. The van der Waals surface area contributed by atoms with Gasteiger partial charge in [-0.1, -0.05) is 64.9 Å². The number of nitrogens with zero attached hydrogens (tertiary/aromatic N) is 4. The van der Waals surface area contributed by atoms with E-state index in [-0.39, 0.29) is 11.8 Å². The molecular weight excluding hydrogens is 681 g/mol. The summed E-state index contributed by atoms with van der Waals surface area (Å²) in [6, 6.07) is 14.8. The highest BCUT2D eigenvalue weighted by Gasteiger charge is 2.93. The Morgan fingerprint density at radius 1 is 0.681 bits per heavy atom. The quantitative estimate of drug-likeness (QED) is 0.337. The van der Waals surface area contributed by atoms with Crippen molar-refractivity contribution in [3.8, 4) is 0 Å². The Kier molecular flexibility index (Phi) is 5.17. The lowest BCUT2D eigenvalue weighted by Gasteiger charge is -2.58. The van der Waals surface area contributed by atoms with Gasteiger partial charge < -0.3 is 30.6 Å². The van der Waals surface area contributed by atoms with Crippen molar-refractivity contribution >= 4 is 78.2 Å². The van der Waals surface area contributed by atoms with Crippen LogP contribution in [0.25, 0.3) is 0 Å². The van der Waals surface area contributed by atoms with Crippen LogP contribution in [0.3, 0.4) is 0 Å². The summed E-state index contributed by atoms with van der Waals surface area (Å²) in [5.41, 5.74) is -0.761. The van der Waals surface area contributed by atoms with E-state index in [0.29, 0.717) is 28.9 Å². The molecule has 4 bridgehead atoms. The van der Waals surface area contributed by atoms with Crippen molar-refractivity contribution in [1.82, 2.24) is 19.6 Å². The summed E-state index contributed by atoms with van der Waals surface area (Å²) in [7, 11) is 8.09. The van der Waals surface area contributed by atoms with Gasteiger partial charge >= 0.3 is 0 Å².